The first-order valence-electron chi connectivity index (χ1n) is 6.74. The van der Waals surface area contributed by atoms with Gasteiger partial charge in [0.1, 0.15) is 0 Å². The number of fused-ring (bicyclic) bond motifs is 1. The summed E-state index contributed by atoms with van der Waals surface area (Å²) in [5.74, 6) is 0. The van der Waals surface area contributed by atoms with Crippen LogP contribution in [0.15, 0.2) is 18.2 Å². The highest BCUT2D eigenvalue weighted by Crippen LogP contribution is 2.36. The van der Waals surface area contributed by atoms with Gasteiger partial charge < -0.3 is 10.5 Å². The molecular weight excluding hydrogens is 238 g/mol. The van der Waals surface area contributed by atoms with E-state index in [9.17, 15) is 0 Å². The molecule has 0 bridgehead atoms. The van der Waals surface area contributed by atoms with Gasteiger partial charge in [-0.05, 0) is 36.1 Å². The van der Waals surface area contributed by atoms with Crippen molar-refractivity contribution in [2.24, 2.45) is 0 Å². The summed E-state index contributed by atoms with van der Waals surface area (Å²) < 4.78 is 5.17. The minimum absolute atomic E-state index is 0.402. The number of anilines is 1. The summed E-state index contributed by atoms with van der Waals surface area (Å²) in [7, 11) is 1.71. The molecule has 0 aliphatic heterocycles. The second kappa shape index (κ2) is 6.55. The van der Waals surface area contributed by atoms with Gasteiger partial charge >= 0.3 is 0 Å². The van der Waals surface area contributed by atoms with Gasteiger partial charge in [0, 0.05) is 38.3 Å². The van der Waals surface area contributed by atoms with Crippen LogP contribution in [0.5, 0.6) is 0 Å². The molecule has 0 amide bonds. The number of rotatable bonds is 6. The fourth-order valence-corrected chi connectivity index (χ4v) is 2.82. The molecule has 0 heterocycles. The highest BCUT2D eigenvalue weighted by atomic mass is 16.5. The highest BCUT2D eigenvalue weighted by Gasteiger charge is 2.27. The molecule has 0 saturated carbocycles. The van der Waals surface area contributed by atoms with Crippen LogP contribution in [-0.2, 0) is 11.2 Å². The van der Waals surface area contributed by atoms with Crippen LogP contribution in [0.25, 0.3) is 0 Å². The van der Waals surface area contributed by atoms with E-state index in [0.29, 0.717) is 19.1 Å². The van der Waals surface area contributed by atoms with Crippen molar-refractivity contribution in [2.45, 2.75) is 25.3 Å². The number of hydrogen-bond acceptors (Lipinski definition) is 4. The molecule has 1 aliphatic rings. The SMILES string of the molecule is COCCN(CCC#N)C1CCc2cc(N)ccc21. The van der Waals surface area contributed by atoms with Crippen LogP contribution in [0, 0.1) is 11.3 Å². The Morgan fingerprint density at radius 2 is 2.32 bits per heavy atom. The molecule has 1 aliphatic carbocycles. The number of hydrogen-bond donors (Lipinski definition) is 1. The molecule has 0 radical (unpaired) electrons. The third-order valence-electron chi connectivity index (χ3n) is 3.75. The normalized spacial score (nSPS) is 17.4. The first kappa shape index (κ1) is 13.9. The molecule has 4 nitrogen and oxygen atoms in total. The Morgan fingerprint density at radius 1 is 1.47 bits per heavy atom. The second-order valence-electron chi connectivity index (χ2n) is 4.95. The first-order chi connectivity index (χ1) is 9.26. The smallest absolute Gasteiger partial charge is 0.0635 e. The van der Waals surface area contributed by atoms with Crippen molar-refractivity contribution >= 4 is 5.69 Å². The Bertz CT molecular complexity index is 467. The molecule has 0 saturated heterocycles. The van der Waals surface area contributed by atoms with E-state index in [1.807, 2.05) is 6.07 Å². The van der Waals surface area contributed by atoms with Crippen molar-refractivity contribution in [1.29, 1.82) is 5.26 Å². The molecule has 1 aromatic rings. The van der Waals surface area contributed by atoms with Crippen LogP contribution < -0.4 is 5.73 Å². The number of methoxy groups -OCH3 is 1. The van der Waals surface area contributed by atoms with E-state index in [-0.39, 0.29) is 0 Å². The molecule has 1 atom stereocenters. The molecule has 0 fully saturated rings. The monoisotopic (exact) mass is 259 g/mol. The van der Waals surface area contributed by atoms with Crippen LogP contribution in [-0.4, -0.2) is 31.7 Å². The standard InChI is InChI=1S/C15H21N3O/c1-19-10-9-18(8-2-7-16)15-6-3-12-11-13(17)4-5-14(12)15/h4-5,11,15H,2-3,6,8-10,17H2,1H3. The first-order valence-corrected chi connectivity index (χ1v) is 6.74. The summed E-state index contributed by atoms with van der Waals surface area (Å²) in [6, 6.07) is 8.81. The number of nitrogen functional groups attached to an aromatic ring is 1. The topological polar surface area (TPSA) is 62.3 Å². The number of ether oxygens (including phenoxy) is 1. The Labute approximate surface area is 114 Å². The summed E-state index contributed by atoms with van der Waals surface area (Å²) in [5, 5.41) is 8.79. The van der Waals surface area contributed by atoms with Gasteiger partial charge in [-0.3, -0.25) is 4.90 Å². The molecule has 102 valence electrons. The maximum atomic E-state index is 8.79. The van der Waals surface area contributed by atoms with Crippen molar-refractivity contribution in [3.05, 3.63) is 29.3 Å². The zero-order chi connectivity index (χ0) is 13.7. The van der Waals surface area contributed by atoms with Gasteiger partial charge in [0.05, 0.1) is 12.7 Å². The van der Waals surface area contributed by atoms with Gasteiger partial charge in [0.15, 0.2) is 0 Å². The summed E-state index contributed by atoms with van der Waals surface area (Å²) in [6.45, 7) is 2.37. The van der Waals surface area contributed by atoms with E-state index < -0.39 is 0 Å². The lowest BCUT2D eigenvalue weighted by molar-refractivity contribution is 0.121. The van der Waals surface area contributed by atoms with Crippen molar-refractivity contribution in [3.8, 4) is 6.07 Å². The third-order valence-corrected chi connectivity index (χ3v) is 3.75. The fourth-order valence-electron chi connectivity index (χ4n) is 2.82. The maximum absolute atomic E-state index is 8.79. The van der Waals surface area contributed by atoms with Crippen LogP contribution >= 0.6 is 0 Å². The second-order valence-corrected chi connectivity index (χ2v) is 4.95. The highest BCUT2D eigenvalue weighted by molar-refractivity contribution is 5.47. The molecule has 2 rings (SSSR count). The fraction of sp³-hybridized carbons (Fsp3) is 0.533. The largest absolute Gasteiger partial charge is 0.399 e. The Balaban J connectivity index is 2.13. The van der Waals surface area contributed by atoms with E-state index in [0.717, 1.165) is 31.6 Å². The Hall–Kier alpha value is -1.57. The average molecular weight is 259 g/mol. The zero-order valence-corrected chi connectivity index (χ0v) is 11.4. The summed E-state index contributed by atoms with van der Waals surface area (Å²) >= 11 is 0. The Kier molecular flexibility index (Phi) is 4.78. The number of benzene rings is 1. The average Bonchev–Trinajstić information content (AvgIpc) is 2.82. The molecule has 2 N–H and O–H groups in total. The van der Waals surface area contributed by atoms with Crippen molar-refractivity contribution < 1.29 is 4.74 Å². The van der Waals surface area contributed by atoms with Crippen molar-refractivity contribution in [1.82, 2.24) is 4.90 Å². The molecule has 0 aromatic heterocycles. The van der Waals surface area contributed by atoms with Gasteiger partial charge in [-0.1, -0.05) is 6.07 Å². The minimum Gasteiger partial charge on any atom is -0.399 e. The van der Waals surface area contributed by atoms with Gasteiger partial charge in [-0.15, -0.1) is 0 Å². The predicted octanol–water partition coefficient (Wildman–Crippen LogP) is 2.12. The molecule has 1 unspecified atom stereocenters. The summed E-state index contributed by atoms with van der Waals surface area (Å²) in [6.07, 6.45) is 2.74. The van der Waals surface area contributed by atoms with Crippen LogP contribution in [0.3, 0.4) is 0 Å². The molecule has 1 aromatic carbocycles. The molecule has 19 heavy (non-hydrogen) atoms. The van der Waals surface area contributed by atoms with Gasteiger partial charge in [0.2, 0.25) is 0 Å². The lowest BCUT2D eigenvalue weighted by Crippen LogP contribution is -2.31. The lowest BCUT2D eigenvalue weighted by atomic mass is 10.1. The molecule has 0 spiro atoms. The summed E-state index contributed by atoms with van der Waals surface area (Å²) in [4.78, 5) is 2.36. The number of aryl methyl sites for hydroxylation is 1. The molecular formula is C15H21N3O. The van der Waals surface area contributed by atoms with Crippen molar-refractivity contribution in [2.75, 3.05) is 32.5 Å². The van der Waals surface area contributed by atoms with Gasteiger partial charge in [-0.25, -0.2) is 0 Å². The van der Waals surface area contributed by atoms with Crippen molar-refractivity contribution in [3.63, 3.8) is 0 Å². The van der Waals surface area contributed by atoms with Crippen LogP contribution in [0.4, 0.5) is 5.69 Å². The predicted molar refractivity (Wildman–Crippen MR) is 75.6 cm³/mol. The number of nitrogens with zero attached hydrogens (tertiary/aromatic N) is 2. The number of nitrogens with two attached hydrogens (primary N) is 1. The summed E-state index contributed by atoms with van der Waals surface area (Å²) in [5.41, 5.74) is 9.38. The third kappa shape index (κ3) is 3.25. The van der Waals surface area contributed by atoms with Crippen LogP contribution in [0.2, 0.25) is 0 Å². The van der Waals surface area contributed by atoms with Crippen LogP contribution in [0.1, 0.15) is 30.0 Å². The van der Waals surface area contributed by atoms with E-state index in [1.54, 1.807) is 7.11 Å². The van der Waals surface area contributed by atoms with Gasteiger partial charge in [0.25, 0.3) is 0 Å². The maximum Gasteiger partial charge on any atom is 0.0635 e. The molecule has 4 heteroatoms. The van der Waals surface area contributed by atoms with E-state index in [4.69, 9.17) is 15.7 Å². The van der Waals surface area contributed by atoms with E-state index >= 15 is 0 Å². The van der Waals surface area contributed by atoms with Gasteiger partial charge in [-0.2, -0.15) is 5.26 Å². The van der Waals surface area contributed by atoms with E-state index in [1.165, 1.54) is 11.1 Å². The Morgan fingerprint density at radius 3 is 3.05 bits per heavy atom. The number of nitriles is 1. The zero-order valence-electron chi connectivity index (χ0n) is 11.4. The minimum atomic E-state index is 0.402. The lowest BCUT2D eigenvalue weighted by Gasteiger charge is -2.28. The van der Waals surface area contributed by atoms with E-state index in [2.05, 4.69) is 23.1 Å². The quantitative estimate of drug-likeness (QED) is 0.795.